The maximum Gasteiger partial charge on any atom is 0.359 e. The summed E-state index contributed by atoms with van der Waals surface area (Å²) in [6.07, 6.45) is 0. The van der Waals surface area contributed by atoms with Gasteiger partial charge in [0.25, 0.3) is 5.91 Å². The molecule has 2 aromatic carbocycles. The minimum absolute atomic E-state index is 0.0503. The van der Waals surface area contributed by atoms with E-state index in [-0.39, 0.29) is 16.4 Å². The van der Waals surface area contributed by atoms with Crippen molar-refractivity contribution in [2.75, 3.05) is 11.9 Å². The molecule has 0 atom stereocenters. The van der Waals surface area contributed by atoms with E-state index < -0.39 is 24.3 Å². The molecule has 122 valence electrons. The van der Waals surface area contributed by atoms with Crippen molar-refractivity contribution in [2.45, 2.75) is 0 Å². The number of para-hydroxylation sites is 1. The zero-order valence-electron chi connectivity index (χ0n) is 12.2. The number of halogens is 2. The standard InChI is InChI=1S/C16H11ClFN3O3/c17-9-5-6-13(11(18)7-9)19-14(22)8-24-16(23)15-10-3-1-2-4-12(10)20-21-15/h1-7H,8H2,(H,19,22)(H,20,21). The largest absolute Gasteiger partial charge is 0.451 e. The highest BCUT2D eigenvalue weighted by Crippen LogP contribution is 2.19. The number of aromatic amines is 1. The summed E-state index contributed by atoms with van der Waals surface area (Å²) in [7, 11) is 0. The van der Waals surface area contributed by atoms with Crippen molar-refractivity contribution < 1.29 is 18.7 Å². The van der Waals surface area contributed by atoms with Gasteiger partial charge in [-0.3, -0.25) is 9.89 Å². The zero-order valence-corrected chi connectivity index (χ0v) is 12.9. The van der Waals surface area contributed by atoms with Crippen LogP contribution in [-0.2, 0) is 9.53 Å². The molecule has 0 aliphatic carbocycles. The predicted molar refractivity (Wildman–Crippen MR) is 86.4 cm³/mol. The molecule has 0 spiro atoms. The highest BCUT2D eigenvalue weighted by Gasteiger charge is 2.17. The fourth-order valence-electron chi connectivity index (χ4n) is 2.10. The Bertz CT molecular complexity index is 926. The Labute approximate surface area is 140 Å². The molecule has 0 bridgehead atoms. The summed E-state index contributed by atoms with van der Waals surface area (Å²) in [5, 5.41) is 9.67. The number of carbonyl (C=O) groups excluding carboxylic acids is 2. The van der Waals surface area contributed by atoms with Crippen LogP contribution in [0.2, 0.25) is 5.02 Å². The van der Waals surface area contributed by atoms with Crippen LogP contribution in [0.15, 0.2) is 42.5 Å². The lowest BCUT2D eigenvalue weighted by Crippen LogP contribution is -2.21. The lowest BCUT2D eigenvalue weighted by molar-refractivity contribution is -0.119. The van der Waals surface area contributed by atoms with Crippen LogP contribution in [0, 0.1) is 5.82 Å². The van der Waals surface area contributed by atoms with Gasteiger partial charge in [-0.2, -0.15) is 5.10 Å². The smallest absolute Gasteiger partial charge is 0.359 e. The fraction of sp³-hybridized carbons (Fsp3) is 0.0625. The molecule has 0 aliphatic heterocycles. The highest BCUT2D eigenvalue weighted by molar-refractivity contribution is 6.30. The number of aromatic nitrogens is 2. The van der Waals surface area contributed by atoms with Crippen LogP contribution < -0.4 is 5.32 Å². The number of carbonyl (C=O) groups is 2. The van der Waals surface area contributed by atoms with Crippen molar-refractivity contribution in [3.05, 3.63) is 59.0 Å². The molecule has 3 aromatic rings. The summed E-state index contributed by atoms with van der Waals surface area (Å²) in [5.74, 6) is -2.11. The van der Waals surface area contributed by atoms with E-state index in [0.717, 1.165) is 6.07 Å². The van der Waals surface area contributed by atoms with Crippen molar-refractivity contribution in [1.29, 1.82) is 0 Å². The second kappa shape index (κ2) is 6.67. The topological polar surface area (TPSA) is 84.1 Å². The van der Waals surface area contributed by atoms with E-state index >= 15 is 0 Å². The third-order valence-corrected chi connectivity index (χ3v) is 3.44. The van der Waals surface area contributed by atoms with Gasteiger partial charge in [0.15, 0.2) is 12.3 Å². The number of H-pyrrole nitrogens is 1. The van der Waals surface area contributed by atoms with Crippen LogP contribution in [0.3, 0.4) is 0 Å². The summed E-state index contributed by atoms with van der Waals surface area (Å²) in [6.45, 7) is -0.567. The molecule has 0 unspecified atom stereocenters. The second-order valence-electron chi connectivity index (χ2n) is 4.87. The maximum absolute atomic E-state index is 13.6. The van der Waals surface area contributed by atoms with Crippen LogP contribution in [-0.4, -0.2) is 28.7 Å². The first kappa shape index (κ1) is 15.9. The van der Waals surface area contributed by atoms with Gasteiger partial charge in [0.05, 0.1) is 11.2 Å². The highest BCUT2D eigenvalue weighted by atomic mass is 35.5. The van der Waals surface area contributed by atoms with Gasteiger partial charge in [0.2, 0.25) is 0 Å². The Morgan fingerprint density at radius 3 is 2.83 bits per heavy atom. The van der Waals surface area contributed by atoms with E-state index in [2.05, 4.69) is 15.5 Å². The van der Waals surface area contributed by atoms with Crippen molar-refractivity contribution in [1.82, 2.24) is 10.2 Å². The molecule has 1 amide bonds. The number of benzene rings is 2. The number of esters is 1. The van der Waals surface area contributed by atoms with Gasteiger partial charge in [0.1, 0.15) is 5.82 Å². The Morgan fingerprint density at radius 2 is 2.04 bits per heavy atom. The van der Waals surface area contributed by atoms with E-state index in [1.54, 1.807) is 24.3 Å². The Morgan fingerprint density at radius 1 is 1.25 bits per heavy atom. The number of amides is 1. The van der Waals surface area contributed by atoms with Gasteiger partial charge < -0.3 is 10.1 Å². The Kier molecular flexibility index (Phi) is 4.43. The first-order valence-corrected chi connectivity index (χ1v) is 7.27. The molecule has 0 saturated heterocycles. The SMILES string of the molecule is O=C(COC(=O)c1n[nH]c2ccccc12)Nc1ccc(Cl)cc1F. The van der Waals surface area contributed by atoms with Crippen LogP contribution in [0.1, 0.15) is 10.5 Å². The third kappa shape index (κ3) is 3.36. The van der Waals surface area contributed by atoms with Crippen LogP contribution in [0.4, 0.5) is 10.1 Å². The normalized spacial score (nSPS) is 10.6. The number of hydrogen-bond donors (Lipinski definition) is 2. The molecule has 2 N–H and O–H groups in total. The summed E-state index contributed by atoms with van der Waals surface area (Å²) >= 11 is 5.63. The summed E-state index contributed by atoms with van der Waals surface area (Å²) < 4.78 is 18.5. The molecule has 1 heterocycles. The molecule has 0 saturated carbocycles. The molecule has 1 aromatic heterocycles. The average molecular weight is 348 g/mol. The summed E-state index contributed by atoms with van der Waals surface area (Å²) in [6, 6.07) is 10.8. The third-order valence-electron chi connectivity index (χ3n) is 3.20. The van der Waals surface area contributed by atoms with Crippen molar-refractivity contribution in [2.24, 2.45) is 0 Å². The summed E-state index contributed by atoms with van der Waals surface area (Å²) in [4.78, 5) is 23.8. The number of rotatable bonds is 4. The minimum Gasteiger partial charge on any atom is -0.451 e. The van der Waals surface area contributed by atoms with E-state index in [1.807, 2.05) is 0 Å². The lowest BCUT2D eigenvalue weighted by Gasteiger charge is -2.07. The van der Waals surface area contributed by atoms with Gasteiger partial charge in [-0.15, -0.1) is 0 Å². The van der Waals surface area contributed by atoms with Crippen molar-refractivity contribution in [3.8, 4) is 0 Å². The van der Waals surface area contributed by atoms with Crippen LogP contribution in [0.25, 0.3) is 10.9 Å². The molecule has 6 nitrogen and oxygen atoms in total. The molecule has 0 radical (unpaired) electrons. The van der Waals surface area contributed by atoms with Crippen LogP contribution in [0.5, 0.6) is 0 Å². The first-order chi connectivity index (χ1) is 11.5. The predicted octanol–water partition coefficient (Wildman–Crippen LogP) is 3.15. The van der Waals surface area contributed by atoms with E-state index in [4.69, 9.17) is 16.3 Å². The van der Waals surface area contributed by atoms with Gasteiger partial charge in [-0.25, -0.2) is 9.18 Å². The van der Waals surface area contributed by atoms with E-state index in [9.17, 15) is 14.0 Å². The average Bonchev–Trinajstić information content (AvgIpc) is 2.99. The Balaban J connectivity index is 1.62. The molecule has 24 heavy (non-hydrogen) atoms. The molecule has 0 fully saturated rings. The molecule has 3 rings (SSSR count). The van der Waals surface area contributed by atoms with Gasteiger partial charge >= 0.3 is 5.97 Å². The number of fused-ring (bicyclic) bond motifs is 1. The fourth-order valence-corrected chi connectivity index (χ4v) is 2.25. The number of hydrogen-bond acceptors (Lipinski definition) is 4. The number of nitrogens with one attached hydrogen (secondary N) is 2. The van der Waals surface area contributed by atoms with E-state index in [1.165, 1.54) is 12.1 Å². The summed E-state index contributed by atoms with van der Waals surface area (Å²) in [5.41, 5.74) is 0.707. The first-order valence-electron chi connectivity index (χ1n) is 6.90. The van der Waals surface area contributed by atoms with Crippen molar-refractivity contribution >= 4 is 40.1 Å². The molecular formula is C16H11ClFN3O3. The zero-order chi connectivity index (χ0) is 17.1. The number of ether oxygens (including phenoxy) is 1. The van der Waals surface area contributed by atoms with E-state index in [0.29, 0.717) is 10.9 Å². The Hall–Kier alpha value is -2.93. The van der Waals surface area contributed by atoms with Crippen LogP contribution >= 0.6 is 11.6 Å². The maximum atomic E-state index is 13.6. The molecule has 0 aliphatic rings. The minimum atomic E-state index is -0.751. The quantitative estimate of drug-likeness (QED) is 0.710. The van der Waals surface area contributed by atoms with Crippen molar-refractivity contribution in [3.63, 3.8) is 0 Å². The molecular weight excluding hydrogens is 337 g/mol. The monoisotopic (exact) mass is 347 g/mol. The number of anilines is 1. The van der Waals surface area contributed by atoms with Gasteiger partial charge in [-0.05, 0) is 24.3 Å². The molecule has 8 heteroatoms. The second-order valence-corrected chi connectivity index (χ2v) is 5.30. The van der Waals surface area contributed by atoms with Gasteiger partial charge in [0, 0.05) is 10.4 Å². The number of nitrogens with zero attached hydrogens (tertiary/aromatic N) is 1. The lowest BCUT2D eigenvalue weighted by atomic mass is 10.2. The van der Waals surface area contributed by atoms with Gasteiger partial charge in [-0.1, -0.05) is 29.8 Å².